The molecule has 0 aliphatic carbocycles. The summed E-state index contributed by atoms with van der Waals surface area (Å²) in [5, 5.41) is 12.7. The summed E-state index contributed by atoms with van der Waals surface area (Å²) in [5.41, 5.74) is 4.29. The summed E-state index contributed by atoms with van der Waals surface area (Å²) >= 11 is 0. The topological polar surface area (TPSA) is 63.1 Å². The Balaban J connectivity index is 2.14. The second kappa shape index (κ2) is 8.75. The van der Waals surface area contributed by atoms with Crippen LogP contribution < -0.4 is 14.9 Å². The fraction of sp³-hybridized carbons (Fsp3) is 0.235. The first-order valence-electron chi connectivity index (χ1n) is 7.15. The number of halogens is 1. The molecule has 0 radical (unpaired) electrons. The molecule has 0 unspecified atom stereocenters. The zero-order valence-electron chi connectivity index (χ0n) is 12.8. The Hall–Kier alpha value is -2.60. The molecule has 2 rings (SSSR count). The summed E-state index contributed by atoms with van der Waals surface area (Å²) in [6.45, 7) is 0.654. The van der Waals surface area contributed by atoms with Crippen molar-refractivity contribution in [3.63, 3.8) is 0 Å². The molecule has 5 nitrogen and oxygen atoms in total. The first-order chi connectivity index (χ1) is 11.2. The van der Waals surface area contributed by atoms with E-state index < -0.39 is 0 Å². The average molecular weight is 318 g/mol. The molecule has 0 amide bonds. The Morgan fingerprint density at radius 2 is 2.00 bits per heavy atom. The summed E-state index contributed by atoms with van der Waals surface area (Å²) in [5.74, 6) is 0.848. The summed E-state index contributed by atoms with van der Waals surface area (Å²) in [4.78, 5) is 0. The van der Waals surface area contributed by atoms with E-state index in [1.165, 1.54) is 12.1 Å². The number of hydrazone groups is 1. The number of methoxy groups -OCH3 is 1. The first kappa shape index (κ1) is 16.8. The van der Waals surface area contributed by atoms with E-state index in [-0.39, 0.29) is 19.0 Å². The normalized spacial score (nSPS) is 10.7. The van der Waals surface area contributed by atoms with Crippen LogP contribution in [0.5, 0.6) is 11.5 Å². The Labute approximate surface area is 134 Å². The lowest BCUT2D eigenvalue weighted by atomic mass is 10.2. The molecule has 122 valence electrons. The first-order valence-corrected chi connectivity index (χ1v) is 7.15. The Morgan fingerprint density at radius 1 is 1.22 bits per heavy atom. The molecule has 0 saturated heterocycles. The van der Waals surface area contributed by atoms with Crippen molar-refractivity contribution in [3.05, 3.63) is 59.4 Å². The van der Waals surface area contributed by atoms with Crippen LogP contribution in [-0.2, 0) is 6.61 Å². The zero-order chi connectivity index (χ0) is 16.5. The Morgan fingerprint density at radius 3 is 2.70 bits per heavy atom. The lowest BCUT2D eigenvalue weighted by Crippen LogP contribution is -2.11. The number of benzene rings is 2. The molecule has 2 N–H and O–H groups in total. The van der Waals surface area contributed by atoms with Gasteiger partial charge in [-0.25, -0.2) is 4.39 Å². The third-order valence-electron chi connectivity index (χ3n) is 3.04. The number of nitrogens with one attached hydrogen (secondary N) is 1. The predicted molar refractivity (Wildman–Crippen MR) is 86.4 cm³/mol. The highest BCUT2D eigenvalue weighted by atomic mass is 19.1. The lowest BCUT2D eigenvalue weighted by molar-refractivity contribution is 0.284. The molecular formula is C17H19FN2O3. The van der Waals surface area contributed by atoms with Gasteiger partial charge in [0, 0.05) is 5.56 Å². The van der Waals surface area contributed by atoms with Crippen molar-refractivity contribution in [1.29, 1.82) is 0 Å². The smallest absolute Gasteiger partial charge is 0.170 e. The van der Waals surface area contributed by atoms with Gasteiger partial charge in [-0.15, -0.1) is 0 Å². The van der Waals surface area contributed by atoms with Gasteiger partial charge in [0.1, 0.15) is 12.4 Å². The fourth-order valence-corrected chi connectivity index (χ4v) is 1.92. The molecule has 0 aromatic heterocycles. The van der Waals surface area contributed by atoms with Crippen LogP contribution in [0.2, 0.25) is 0 Å². The summed E-state index contributed by atoms with van der Waals surface area (Å²) in [7, 11) is 1.56. The largest absolute Gasteiger partial charge is 0.493 e. The van der Waals surface area contributed by atoms with Crippen molar-refractivity contribution in [1.82, 2.24) is 5.43 Å². The van der Waals surface area contributed by atoms with Crippen molar-refractivity contribution in [2.75, 3.05) is 20.3 Å². The van der Waals surface area contributed by atoms with Gasteiger partial charge in [0.05, 0.1) is 26.5 Å². The summed E-state index contributed by atoms with van der Waals surface area (Å²) in [6, 6.07) is 11.6. The van der Waals surface area contributed by atoms with Crippen LogP contribution in [0.3, 0.4) is 0 Å². The molecule has 0 saturated carbocycles. The highest BCUT2D eigenvalue weighted by molar-refractivity contribution is 5.84. The minimum absolute atomic E-state index is 0.00335. The Kier molecular flexibility index (Phi) is 6.38. The van der Waals surface area contributed by atoms with E-state index in [1.807, 2.05) is 12.1 Å². The number of ether oxygens (including phenoxy) is 2. The molecule has 0 heterocycles. The van der Waals surface area contributed by atoms with Crippen LogP contribution in [-0.4, -0.2) is 31.6 Å². The molecule has 0 fully saturated rings. The number of aliphatic hydroxyl groups is 1. The number of hydrogen-bond donors (Lipinski definition) is 2. The van der Waals surface area contributed by atoms with E-state index in [0.29, 0.717) is 18.0 Å². The Bertz CT molecular complexity index is 645. The van der Waals surface area contributed by atoms with Gasteiger partial charge in [0.15, 0.2) is 11.5 Å². The molecule has 2 aromatic carbocycles. The molecule has 23 heavy (non-hydrogen) atoms. The van der Waals surface area contributed by atoms with Gasteiger partial charge in [0.25, 0.3) is 0 Å². The molecule has 0 bridgehead atoms. The van der Waals surface area contributed by atoms with Crippen molar-refractivity contribution in [2.45, 2.75) is 6.61 Å². The van der Waals surface area contributed by atoms with E-state index in [1.54, 1.807) is 31.5 Å². The maximum atomic E-state index is 12.9. The maximum Gasteiger partial charge on any atom is 0.170 e. The van der Waals surface area contributed by atoms with Gasteiger partial charge in [0.2, 0.25) is 0 Å². The van der Waals surface area contributed by atoms with Crippen molar-refractivity contribution < 1.29 is 19.0 Å². The van der Waals surface area contributed by atoms with Crippen LogP contribution in [0.15, 0.2) is 47.6 Å². The van der Waals surface area contributed by atoms with Gasteiger partial charge in [-0.1, -0.05) is 18.2 Å². The molecule has 0 spiro atoms. The van der Waals surface area contributed by atoms with Crippen LogP contribution in [0.25, 0.3) is 0 Å². The second-order valence-electron chi connectivity index (χ2n) is 4.68. The van der Waals surface area contributed by atoms with Crippen LogP contribution in [0.1, 0.15) is 11.1 Å². The number of para-hydroxylation sites is 1. The van der Waals surface area contributed by atoms with Crippen molar-refractivity contribution in [3.8, 4) is 11.5 Å². The number of aliphatic hydroxyl groups excluding tert-OH is 1. The quantitative estimate of drug-likeness (QED) is 0.445. The van der Waals surface area contributed by atoms with Crippen LogP contribution in [0, 0.1) is 5.82 Å². The molecule has 2 aromatic rings. The van der Waals surface area contributed by atoms with Gasteiger partial charge >= 0.3 is 0 Å². The fourth-order valence-electron chi connectivity index (χ4n) is 1.92. The third-order valence-corrected chi connectivity index (χ3v) is 3.04. The predicted octanol–water partition coefficient (Wildman–Crippen LogP) is 2.33. The average Bonchev–Trinajstić information content (AvgIpc) is 2.58. The molecule has 0 aliphatic heterocycles. The minimum Gasteiger partial charge on any atom is -0.493 e. The number of nitrogens with zero attached hydrogens (tertiary/aromatic N) is 1. The minimum atomic E-state index is -0.283. The second-order valence-corrected chi connectivity index (χ2v) is 4.68. The molecule has 6 heteroatoms. The van der Waals surface area contributed by atoms with Gasteiger partial charge in [-0.2, -0.15) is 5.10 Å². The van der Waals surface area contributed by atoms with E-state index in [0.717, 1.165) is 11.1 Å². The molecule has 0 aliphatic rings. The van der Waals surface area contributed by atoms with Crippen LogP contribution in [0.4, 0.5) is 4.39 Å². The maximum absolute atomic E-state index is 12.9. The van der Waals surface area contributed by atoms with Crippen molar-refractivity contribution in [2.24, 2.45) is 5.10 Å². The summed E-state index contributed by atoms with van der Waals surface area (Å²) < 4.78 is 24.1. The molecular weight excluding hydrogens is 299 g/mol. The van der Waals surface area contributed by atoms with E-state index in [9.17, 15) is 4.39 Å². The standard InChI is InChI=1S/C17H19FN2O3/c1-22-16-4-2-3-14(11-20-19-9-10-21)17(16)23-12-13-5-7-15(18)8-6-13/h2-8,11,19,21H,9-10,12H2,1H3. The number of hydrogen-bond acceptors (Lipinski definition) is 5. The summed E-state index contributed by atoms with van der Waals surface area (Å²) in [6.07, 6.45) is 1.60. The third kappa shape index (κ3) is 4.96. The number of rotatable bonds is 8. The highest BCUT2D eigenvalue weighted by Gasteiger charge is 2.09. The van der Waals surface area contributed by atoms with E-state index in [2.05, 4.69) is 10.5 Å². The van der Waals surface area contributed by atoms with Gasteiger partial charge in [-0.3, -0.25) is 0 Å². The van der Waals surface area contributed by atoms with Crippen molar-refractivity contribution >= 4 is 6.21 Å². The van der Waals surface area contributed by atoms with Gasteiger partial charge < -0.3 is 20.0 Å². The van der Waals surface area contributed by atoms with E-state index in [4.69, 9.17) is 14.6 Å². The van der Waals surface area contributed by atoms with E-state index >= 15 is 0 Å². The SMILES string of the molecule is COc1cccc(C=NNCCO)c1OCc1ccc(F)cc1. The zero-order valence-corrected chi connectivity index (χ0v) is 12.8. The van der Waals surface area contributed by atoms with Crippen LogP contribution >= 0.6 is 0 Å². The van der Waals surface area contributed by atoms with Gasteiger partial charge in [-0.05, 0) is 29.8 Å². The lowest BCUT2D eigenvalue weighted by Gasteiger charge is -2.13. The monoisotopic (exact) mass is 318 g/mol. The molecule has 0 atom stereocenters. The highest BCUT2D eigenvalue weighted by Crippen LogP contribution is 2.30.